The van der Waals surface area contributed by atoms with Crippen molar-refractivity contribution in [3.05, 3.63) is 35.9 Å². The van der Waals surface area contributed by atoms with E-state index in [1.54, 1.807) is 6.20 Å². The summed E-state index contributed by atoms with van der Waals surface area (Å²) in [6.07, 6.45) is 5.52. The molecule has 2 rings (SSSR count). The number of hydrogen-bond acceptors (Lipinski definition) is 4. The zero-order chi connectivity index (χ0) is 18.1. The van der Waals surface area contributed by atoms with Gasteiger partial charge in [0.2, 0.25) is 0 Å². The predicted octanol–water partition coefficient (Wildman–Crippen LogP) is 4.22. The molecule has 0 aromatic carbocycles. The smallest absolute Gasteiger partial charge is 0.408 e. The number of carbonyl (C=O) groups is 1. The molecule has 0 spiro atoms. The highest BCUT2D eigenvalue weighted by Gasteiger charge is 2.32. The van der Waals surface area contributed by atoms with E-state index >= 15 is 0 Å². The second-order valence-electron chi connectivity index (χ2n) is 8.14. The average molecular weight is 331 g/mol. The van der Waals surface area contributed by atoms with Crippen molar-refractivity contribution in [2.24, 2.45) is 5.92 Å². The van der Waals surface area contributed by atoms with E-state index < -0.39 is 17.2 Å². The molecule has 0 aliphatic heterocycles. The molecule has 1 N–H and O–H groups in total. The minimum Gasteiger partial charge on any atom is -0.444 e. The van der Waals surface area contributed by atoms with Gasteiger partial charge in [-0.3, -0.25) is 9.97 Å². The SMILES string of the molecule is C=CC1CC(c2ncc(C(C)(C)NC(=O)OC(C)(C)C)nc2C)C1. The van der Waals surface area contributed by atoms with Crippen LogP contribution in [0.3, 0.4) is 0 Å². The van der Waals surface area contributed by atoms with Gasteiger partial charge in [0, 0.05) is 5.92 Å². The zero-order valence-electron chi connectivity index (χ0n) is 15.6. The van der Waals surface area contributed by atoms with Crippen LogP contribution >= 0.6 is 0 Å². The number of aromatic nitrogens is 2. The van der Waals surface area contributed by atoms with Crippen LogP contribution in [0, 0.1) is 12.8 Å². The Labute approximate surface area is 144 Å². The molecule has 0 atom stereocenters. The lowest BCUT2D eigenvalue weighted by molar-refractivity contribution is 0.0468. The molecule has 1 aromatic rings. The van der Waals surface area contributed by atoms with Crippen molar-refractivity contribution in [2.45, 2.75) is 71.4 Å². The van der Waals surface area contributed by atoms with Crippen molar-refractivity contribution in [3.63, 3.8) is 0 Å². The molecular formula is C19H29N3O2. The summed E-state index contributed by atoms with van der Waals surface area (Å²) in [5.41, 5.74) is 1.54. The van der Waals surface area contributed by atoms with Crippen LogP contribution in [-0.4, -0.2) is 21.7 Å². The van der Waals surface area contributed by atoms with Crippen LogP contribution in [0.4, 0.5) is 4.79 Å². The molecular weight excluding hydrogens is 302 g/mol. The van der Waals surface area contributed by atoms with Gasteiger partial charge in [0.1, 0.15) is 5.60 Å². The van der Waals surface area contributed by atoms with Crippen LogP contribution in [0.25, 0.3) is 0 Å². The summed E-state index contributed by atoms with van der Waals surface area (Å²) in [6, 6.07) is 0. The Bertz CT molecular complexity index is 626. The van der Waals surface area contributed by atoms with Gasteiger partial charge in [-0.05, 0) is 60.3 Å². The van der Waals surface area contributed by atoms with Gasteiger partial charge in [-0.1, -0.05) is 6.08 Å². The highest BCUT2D eigenvalue weighted by Crippen LogP contribution is 2.42. The summed E-state index contributed by atoms with van der Waals surface area (Å²) < 4.78 is 5.33. The topological polar surface area (TPSA) is 64.1 Å². The van der Waals surface area contributed by atoms with E-state index in [0.29, 0.717) is 11.8 Å². The Balaban J connectivity index is 2.09. The molecule has 0 unspecified atom stereocenters. The van der Waals surface area contributed by atoms with E-state index in [1.807, 2.05) is 47.6 Å². The number of allylic oxidation sites excluding steroid dienone is 1. The van der Waals surface area contributed by atoms with Crippen LogP contribution in [0.5, 0.6) is 0 Å². The molecule has 0 radical (unpaired) electrons. The normalized spacial score (nSPS) is 20.9. The van der Waals surface area contributed by atoms with Crippen LogP contribution in [0.1, 0.15) is 70.5 Å². The number of nitrogens with one attached hydrogen (secondary N) is 1. The van der Waals surface area contributed by atoms with Gasteiger partial charge >= 0.3 is 6.09 Å². The summed E-state index contributed by atoms with van der Waals surface area (Å²) in [5, 5.41) is 2.87. The van der Waals surface area contributed by atoms with Crippen molar-refractivity contribution < 1.29 is 9.53 Å². The number of aryl methyl sites for hydroxylation is 1. The van der Waals surface area contributed by atoms with Crippen LogP contribution in [0.2, 0.25) is 0 Å². The van der Waals surface area contributed by atoms with E-state index in [4.69, 9.17) is 4.74 Å². The first-order valence-electron chi connectivity index (χ1n) is 8.49. The fraction of sp³-hybridized carbons (Fsp3) is 0.632. The molecule has 1 saturated carbocycles. The van der Waals surface area contributed by atoms with Gasteiger partial charge in [-0.2, -0.15) is 0 Å². The van der Waals surface area contributed by atoms with Crippen molar-refractivity contribution in [1.29, 1.82) is 0 Å². The molecule has 1 heterocycles. The van der Waals surface area contributed by atoms with Crippen molar-refractivity contribution >= 4 is 6.09 Å². The van der Waals surface area contributed by atoms with Crippen LogP contribution in [-0.2, 0) is 10.3 Å². The molecule has 1 aromatic heterocycles. The van der Waals surface area contributed by atoms with Gasteiger partial charge in [0.25, 0.3) is 0 Å². The number of alkyl carbamates (subject to hydrolysis) is 1. The quantitative estimate of drug-likeness (QED) is 0.839. The summed E-state index contributed by atoms with van der Waals surface area (Å²) in [6.45, 7) is 15.1. The van der Waals surface area contributed by atoms with E-state index in [1.165, 1.54) is 0 Å². The highest BCUT2D eigenvalue weighted by molar-refractivity contribution is 5.68. The van der Waals surface area contributed by atoms with Gasteiger partial charge < -0.3 is 10.1 Å². The van der Waals surface area contributed by atoms with Crippen molar-refractivity contribution in [2.75, 3.05) is 0 Å². The number of nitrogens with zero attached hydrogens (tertiary/aromatic N) is 2. The molecule has 5 nitrogen and oxygen atoms in total. The first kappa shape index (κ1) is 18.4. The summed E-state index contributed by atoms with van der Waals surface area (Å²) in [7, 11) is 0. The number of ether oxygens (including phenoxy) is 1. The maximum atomic E-state index is 12.0. The first-order chi connectivity index (χ1) is 11.0. The lowest BCUT2D eigenvalue weighted by atomic mass is 9.73. The lowest BCUT2D eigenvalue weighted by Gasteiger charge is -2.34. The molecule has 0 bridgehead atoms. The summed E-state index contributed by atoms with van der Waals surface area (Å²) in [4.78, 5) is 21.4. The minimum absolute atomic E-state index is 0.455. The maximum Gasteiger partial charge on any atom is 0.408 e. The standard InChI is InChI=1S/C19H29N3O2/c1-8-13-9-14(10-13)16-12(2)21-15(11-20-16)19(6,7)22-17(23)24-18(3,4)5/h8,11,13-14H,1,9-10H2,2-7H3,(H,22,23). The number of hydrogen-bond donors (Lipinski definition) is 1. The molecule has 5 heteroatoms. The first-order valence-corrected chi connectivity index (χ1v) is 8.49. The van der Waals surface area contributed by atoms with Gasteiger partial charge in [-0.15, -0.1) is 6.58 Å². The largest absolute Gasteiger partial charge is 0.444 e. The Morgan fingerprint density at radius 3 is 2.46 bits per heavy atom. The highest BCUT2D eigenvalue weighted by atomic mass is 16.6. The van der Waals surface area contributed by atoms with Gasteiger partial charge in [-0.25, -0.2) is 4.79 Å². The zero-order valence-corrected chi connectivity index (χ0v) is 15.6. The molecule has 1 aliphatic carbocycles. The molecule has 24 heavy (non-hydrogen) atoms. The molecule has 1 fully saturated rings. The van der Waals surface area contributed by atoms with E-state index in [2.05, 4.69) is 21.9 Å². The fourth-order valence-corrected chi connectivity index (χ4v) is 2.89. The van der Waals surface area contributed by atoms with Crippen molar-refractivity contribution in [1.82, 2.24) is 15.3 Å². The molecule has 0 saturated heterocycles. The Hall–Kier alpha value is -1.91. The predicted molar refractivity (Wildman–Crippen MR) is 94.8 cm³/mol. The van der Waals surface area contributed by atoms with Crippen LogP contribution in [0.15, 0.2) is 18.9 Å². The Kier molecular flexibility index (Phi) is 5.02. The van der Waals surface area contributed by atoms with Crippen molar-refractivity contribution in [3.8, 4) is 0 Å². The van der Waals surface area contributed by atoms with E-state index in [0.717, 1.165) is 29.9 Å². The number of amides is 1. The third-order valence-electron chi connectivity index (χ3n) is 4.33. The minimum atomic E-state index is -0.651. The maximum absolute atomic E-state index is 12.0. The van der Waals surface area contributed by atoms with Crippen LogP contribution < -0.4 is 5.32 Å². The Morgan fingerprint density at radius 1 is 1.33 bits per heavy atom. The number of carbonyl (C=O) groups excluding carboxylic acids is 1. The average Bonchev–Trinajstić information content (AvgIpc) is 2.36. The summed E-state index contributed by atoms with van der Waals surface area (Å²) >= 11 is 0. The van der Waals surface area contributed by atoms with Gasteiger partial charge in [0.15, 0.2) is 0 Å². The third-order valence-corrected chi connectivity index (χ3v) is 4.33. The fourth-order valence-electron chi connectivity index (χ4n) is 2.89. The number of rotatable bonds is 4. The van der Waals surface area contributed by atoms with E-state index in [-0.39, 0.29) is 0 Å². The lowest BCUT2D eigenvalue weighted by Crippen LogP contribution is -2.44. The van der Waals surface area contributed by atoms with Gasteiger partial charge in [0.05, 0.1) is 28.8 Å². The van der Waals surface area contributed by atoms with E-state index in [9.17, 15) is 4.79 Å². The monoisotopic (exact) mass is 331 g/mol. The third kappa shape index (κ3) is 4.34. The molecule has 1 amide bonds. The summed E-state index contributed by atoms with van der Waals surface area (Å²) in [5.74, 6) is 1.07. The molecule has 1 aliphatic rings. The second-order valence-corrected chi connectivity index (χ2v) is 8.14. The second kappa shape index (κ2) is 6.54. The molecule has 132 valence electrons. The Morgan fingerprint density at radius 2 is 1.96 bits per heavy atom.